The van der Waals surface area contributed by atoms with E-state index >= 15 is 0 Å². The number of carbonyl (C=O) groups excluding carboxylic acids is 1. The van der Waals surface area contributed by atoms with Gasteiger partial charge >= 0.3 is 0 Å². The molecular weight excluding hydrogens is 226 g/mol. The monoisotopic (exact) mass is 247 g/mol. The smallest absolute Gasteiger partial charge is 0.270 e. The SMILES string of the molecule is CC1CCCCN1C(=O)c1cc(N)cn1C1CC1. The molecule has 1 saturated carbocycles. The molecule has 2 N–H and O–H groups in total. The summed E-state index contributed by atoms with van der Waals surface area (Å²) in [5, 5.41) is 0. The quantitative estimate of drug-likeness (QED) is 0.872. The third-order valence-corrected chi connectivity index (χ3v) is 4.09. The molecule has 2 fully saturated rings. The number of carbonyl (C=O) groups is 1. The molecule has 1 saturated heterocycles. The van der Waals surface area contributed by atoms with E-state index in [1.165, 1.54) is 19.3 Å². The van der Waals surface area contributed by atoms with Crippen LogP contribution in [-0.4, -0.2) is 28.0 Å². The van der Waals surface area contributed by atoms with Gasteiger partial charge in [-0.1, -0.05) is 0 Å². The molecule has 1 aromatic heterocycles. The van der Waals surface area contributed by atoms with E-state index in [2.05, 4.69) is 11.5 Å². The van der Waals surface area contributed by atoms with E-state index in [4.69, 9.17) is 5.73 Å². The summed E-state index contributed by atoms with van der Waals surface area (Å²) in [5.41, 5.74) is 7.34. The van der Waals surface area contributed by atoms with Gasteiger partial charge < -0.3 is 15.2 Å². The predicted molar refractivity (Wildman–Crippen MR) is 71.5 cm³/mol. The molecule has 2 aliphatic rings. The molecule has 1 unspecified atom stereocenters. The third-order valence-electron chi connectivity index (χ3n) is 4.09. The number of anilines is 1. The molecule has 1 amide bonds. The highest BCUT2D eigenvalue weighted by atomic mass is 16.2. The van der Waals surface area contributed by atoms with Crippen molar-refractivity contribution in [3.63, 3.8) is 0 Å². The number of nitrogen functional groups attached to an aromatic ring is 1. The lowest BCUT2D eigenvalue weighted by atomic mass is 10.0. The Morgan fingerprint density at radius 1 is 1.33 bits per heavy atom. The fourth-order valence-electron chi connectivity index (χ4n) is 2.87. The maximum Gasteiger partial charge on any atom is 0.270 e. The van der Waals surface area contributed by atoms with Gasteiger partial charge in [0.05, 0.1) is 5.69 Å². The molecular formula is C14H21N3O. The van der Waals surface area contributed by atoms with E-state index in [-0.39, 0.29) is 5.91 Å². The van der Waals surface area contributed by atoms with E-state index in [0.717, 1.165) is 25.1 Å². The number of hydrogen-bond donors (Lipinski definition) is 1. The minimum Gasteiger partial charge on any atom is -0.397 e. The van der Waals surface area contributed by atoms with Crippen LogP contribution in [0, 0.1) is 0 Å². The number of hydrogen-bond acceptors (Lipinski definition) is 2. The number of nitrogens with zero attached hydrogens (tertiary/aromatic N) is 2. The minimum atomic E-state index is 0.158. The third kappa shape index (κ3) is 2.00. The largest absolute Gasteiger partial charge is 0.397 e. The van der Waals surface area contributed by atoms with Crippen LogP contribution >= 0.6 is 0 Å². The highest BCUT2D eigenvalue weighted by molar-refractivity contribution is 5.94. The molecule has 0 radical (unpaired) electrons. The van der Waals surface area contributed by atoms with Crippen LogP contribution in [0.1, 0.15) is 55.6 Å². The fraction of sp³-hybridized carbons (Fsp3) is 0.643. The van der Waals surface area contributed by atoms with Crippen molar-refractivity contribution in [2.24, 2.45) is 0 Å². The first-order valence-electron chi connectivity index (χ1n) is 6.95. The number of aromatic nitrogens is 1. The van der Waals surface area contributed by atoms with Gasteiger partial charge in [-0.3, -0.25) is 4.79 Å². The topological polar surface area (TPSA) is 51.3 Å². The number of rotatable bonds is 2. The highest BCUT2D eigenvalue weighted by Gasteiger charge is 2.31. The first-order chi connectivity index (χ1) is 8.66. The second kappa shape index (κ2) is 4.34. The maximum absolute atomic E-state index is 12.6. The average Bonchev–Trinajstić information content (AvgIpc) is 3.12. The van der Waals surface area contributed by atoms with Crippen LogP contribution < -0.4 is 5.73 Å². The molecule has 18 heavy (non-hydrogen) atoms. The number of piperidine rings is 1. The van der Waals surface area contributed by atoms with Gasteiger partial charge in [0.2, 0.25) is 0 Å². The van der Waals surface area contributed by atoms with E-state index in [0.29, 0.717) is 17.8 Å². The summed E-state index contributed by atoms with van der Waals surface area (Å²) in [4.78, 5) is 14.6. The zero-order valence-electron chi connectivity index (χ0n) is 10.9. The maximum atomic E-state index is 12.6. The summed E-state index contributed by atoms with van der Waals surface area (Å²) in [6.07, 6.45) is 7.73. The fourth-order valence-corrected chi connectivity index (χ4v) is 2.87. The number of likely N-dealkylation sites (tertiary alicyclic amines) is 1. The molecule has 1 aliphatic carbocycles. The normalized spacial score (nSPS) is 24.3. The molecule has 3 rings (SSSR count). The molecule has 0 bridgehead atoms. The van der Waals surface area contributed by atoms with Crippen LogP contribution in [0.3, 0.4) is 0 Å². The van der Waals surface area contributed by atoms with Crippen LogP contribution in [0.5, 0.6) is 0 Å². The van der Waals surface area contributed by atoms with Gasteiger partial charge in [0.25, 0.3) is 5.91 Å². The predicted octanol–water partition coefficient (Wildman–Crippen LogP) is 2.42. The molecule has 2 heterocycles. The van der Waals surface area contributed by atoms with Crippen molar-refractivity contribution in [1.82, 2.24) is 9.47 Å². The Kier molecular flexibility index (Phi) is 2.80. The Morgan fingerprint density at radius 3 is 2.78 bits per heavy atom. The number of nitrogens with two attached hydrogens (primary N) is 1. The summed E-state index contributed by atoms with van der Waals surface area (Å²) < 4.78 is 2.08. The Bertz CT molecular complexity index is 462. The second-order valence-electron chi connectivity index (χ2n) is 5.64. The summed E-state index contributed by atoms with van der Waals surface area (Å²) in [6, 6.07) is 2.69. The van der Waals surface area contributed by atoms with Crippen molar-refractivity contribution >= 4 is 11.6 Å². The van der Waals surface area contributed by atoms with Crippen LogP contribution in [0.15, 0.2) is 12.3 Å². The van der Waals surface area contributed by atoms with E-state index in [9.17, 15) is 4.79 Å². The average molecular weight is 247 g/mol. The van der Waals surface area contributed by atoms with Gasteiger partial charge in [0.15, 0.2) is 0 Å². The summed E-state index contributed by atoms with van der Waals surface area (Å²) in [5.74, 6) is 0.158. The van der Waals surface area contributed by atoms with Gasteiger partial charge in [-0.15, -0.1) is 0 Å². The van der Waals surface area contributed by atoms with Gasteiger partial charge in [0.1, 0.15) is 5.69 Å². The lowest BCUT2D eigenvalue weighted by Gasteiger charge is -2.33. The Morgan fingerprint density at radius 2 is 2.11 bits per heavy atom. The van der Waals surface area contributed by atoms with Crippen molar-refractivity contribution < 1.29 is 4.79 Å². The van der Waals surface area contributed by atoms with Crippen molar-refractivity contribution in [3.05, 3.63) is 18.0 Å². The molecule has 4 nitrogen and oxygen atoms in total. The molecule has 4 heteroatoms. The molecule has 0 aromatic carbocycles. The lowest BCUT2D eigenvalue weighted by molar-refractivity contribution is 0.0624. The molecule has 0 spiro atoms. The summed E-state index contributed by atoms with van der Waals surface area (Å²) >= 11 is 0. The van der Waals surface area contributed by atoms with Gasteiger partial charge in [-0.05, 0) is 45.1 Å². The molecule has 1 aliphatic heterocycles. The van der Waals surface area contributed by atoms with Gasteiger partial charge in [-0.2, -0.15) is 0 Å². The van der Waals surface area contributed by atoms with Crippen LogP contribution in [0.2, 0.25) is 0 Å². The standard InChI is InChI=1S/C14H21N3O/c1-10-4-2-3-7-16(10)14(18)13-8-11(15)9-17(13)12-5-6-12/h8-10,12H,2-7,15H2,1H3. The molecule has 1 atom stereocenters. The first-order valence-corrected chi connectivity index (χ1v) is 6.95. The Balaban J connectivity index is 1.86. The minimum absolute atomic E-state index is 0.158. The van der Waals surface area contributed by atoms with Gasteiger partial charge in [-0.25, -0.2) is 0 Å². The summed E-state index contributed by atoms with van der Waals surface area (Å²) in [7, 11) is 0. The Hall–Kier alpha value is -1.45. The Labute approximate surface area is 108 Å². The van der Waals surface area contributed by atoms with Crippen molar-refractivity contribution in [2.75, 3.05) is 12.3 Å². The van der Waals surface area contributed by atoms with Crippen molar-refractivity contribution in [1.29, 1.82) is 0 Å². The lowest BCUT2D eigenvalue weighted by Crippen LogP contribution is -2.42. The van der Waals surface area contributed by atoms with Crippen LogP contribution in [0.4, 0.5) is 5.69 Å². The van der Waals surface area contributed by atoms with Crippen molar-refractivity contribution in [3.8, 4) is 0 Å². The number of amides is 1. The molecule has 1 aromatic rings. The van der Waals surface area contributed by atoms with E-state index in [1.54, 1.807) is 0 Å². The highest BCUT2D eigenvalue weighted by Crippen LogP contribution is 2.37. The van der Waals surface area contributed by atoms with E-state index in [1.807, 2.05) is 17.2 Å². The first kappa shape index (κ1) is 11.6. The van der Waals surface area contributed by atoms with Crippen LogP contribution in [0.25, 0.3) is 0 Å². The summed E-state index contributed by atoms with van der Waals surface area (Å²) in [6.45, 7) is 3.03. The molecule has 98 valence electrons. The van der Waals surface area contributed by atoms with Crippen molar-refractivity contribution in [2.45, 2.75) is 51.1 Å². The van der Waals surface area contributed by atoms with Crippen LogP contribution in [-0.2, 0) is 0 Å². The zero-order valence-corrected chi connectivity index (χ0v) is 10.9. The van der Waals surface area contributed by atoms with E-state index < -0.39 is 0 Å². The second-order valence-corrected chi connectivity index (χ2v) is 5.64. The van der Waals surface area contributed by atoms with Gasteiger partial charge in [0, 0.05) is 24.8 Å². The zero-order chi connectivity index (χ0) is 12.7.